The number of rotatable bonds is 0. The smallest absolute Gasteiger partial charge is 0.00622 e. The van der Waals surface area contributed by atoms with Crippen molar-refractivity contribution in [2.75, 3.05) is 0 Å². The van der Waals surface area contributed by atoms with Crippen LogP contribution in [0.4, 0.5) is 0 Å². The molecule has 0 saturated carbocycles. The van der Waals surface area contributed by atoms with E-state index in [9.17, 15) is 0 Å². The first-order valence-electron chi connectivity index (χ1n) is 4.86. The van der Waals surface area contributed by atoms with Gasteiger partial charge < -0.3 is 0 Å². The van der Waals surface area contributed by atoms with Gasteiger partial charge in [-0.2, -0.15) is 0 Å². The predicted molar refractivity (Wildman–Crippen MR) is 58.9 cm³/mol. The Morgan fingerprint density at radius 3 is 3.00 bits per heavy atom. The minimum atomic E-state index is 1.03. The van der Waals surface area contributed by atoms with Crippen LogP contribution in [0.3, 0.4) is 0 Å². The average Bonchev–Trinajstić information content (AvgIpc) is 2.42. The summed E-state index contributed by atoms with van der Waals surface area (Å²) < 4.78 is 0. The summed E-state index contributed by atoms with van der Waals surface area (Å²) in [5.74, 6) is 0. The van der Waals surface area contributed by atoms with Crippen LogP contribution in [0, 0.1) is 0 Å². The highest BCUT2D eigenvalue weighted by Crippen LogP contribution is 2.36. The lowest BCUT2D eigenvalue weighted by Crippen LogP contribution is -1.77. The quantitative estimate of drug-likeness (QED) is 0.535. The summed E-state index contributed by atoms with van der Waals surface area (Å²) in [4.78, 5) is 0. The van der Waals surface area contributed by atoms with E-state index in [2.05, 4.69) is 42.1 Å². The third-order valence-corrected chi connectivity index (χ3v) is 2.73. The van der Waals surface area contributed by atoms with Gasteiger partial charge in [0.05, 0.1) is 0 Å². The second-order valence-corrected chi connectivity index (χ2v) is 3.59. The highest BCUT2D eigenvalue weighted by atomic mass is 14.2. The Morgan fingerprint density at radius 2 is 2.00 bits per heavy atom. The molecule has 2 aliphatic carbocycles. The van der Waals surface area contributed by atoms with Crippen LogP contribution >= 0.6 is 0 Å². The Hall–Kier alpha value is -1.78. The summed E-state index contributed by atoms with van der Waals surface area (Å²) in [5, 5.41) is 0. The van der Waals surface area contributed by atoms with Gasteiger partial charge >= 0.3 is 0 Å². The van der Waals surface area contributed by atoms with Crippen LogP contribution in [0.25, 0.3) is 5.57 Å². The molecular weight excluding hydrogens is 168 g/mol. The molecule has 0 radical (unpaired) electrons. The zero-order chi connectivity index (χ0) is 9.38. The molecule has 1 aromatic rings. The van der Waals surface area contributed by atoms with Gasteiger partial charge in [0.15, 0.2) is 0 Å². The maximum atomic E-state index is 3.33. The van der Waals surface area contributed by atoms with E-state index in [1.54, 1.807) is 0 Å². The molecule has 0 atom stereocenters. The normalized spacial score (nSPS) is 16.9. The van der Waals surface area contributed by atoms with Crippen LogP contribution in [0.15, 0.2) is 59.9 Å². The molecule has 0 nitrogen and oxygen atoms in total. The van der Waals surface area contributed by atoms with Crippen LogP contribution in [0.5, 0.6) is 0 Å². The third kappa shape index (κ3) is 1.02. The molecule has 0 heteroatoms. The number of allylic oxidation sites excluding steroid dienone is 5. The van der Waals surface area contributed by atoms with Crippen molar-refractivity contribution in [1.82, 2.24) is 0 Å². The van der Waals surface area contributed by atoms with Crippen molar-refractivity contribution in [2.45, 2.75) is 6.42 Å². The topological polar surface area (TPSA) is 0 Å². The summed E-state index contributed by atoms with van der Waals surface area (Å²) in [5.41, 5.74) is 8.77. The van der Waals surface area contributed by atoms with E-state index in [-0.39, 0.29) is 0 Å². The number of hydrogen-bond acceptors (Lipinski definition) is 0. The summed E-state index contributed by atoms with van der Waals surface area (Å²) in [7, 11) is 0. The summed E-state index contributed by atoms with van der Waals surface area (Å²) in [6.07, 6.45) is 9.31. The predicted octanol–water partition coefficient (Wildman–Crippen LogP) is 3.28. The SMILES string of the molecule is C1=CC=CC=C2C=1Cc1ccccc12. The van der Waals surface area contributed by atoms with Crippen LogP contribution in [-0.4, -0.2) is 0 Å². The molecule has 0 heterocycles. The Kier molecular flexibility index (Phi) is 1.56. The summed E-state index contributed by atoms with van der Waals surface area (Å²) in [6, 6.07) is 8.59. The van der Waals surface area contributed by atoms with Gasteiger partial charge in [0.1, 0.15) is 0 Å². The van der Waals surface area contributed by atoms with Gasteiger partial charge in [0, 0.05) is 12.0 Å². The Bertz CT molecular complexity index is 507. The Morgan fingerprint density at radius 1 is 1.07 bits per heavy atom. The van der Waals surface area contributed by atoms with E-state index in [0.29, 0.717) is 0 Å². The Balaban J connectivity index is 2.29. The average molecular weight is 178 g/mol. The molecule has 0 unspecified atom stereocenters. The van der Waals surface area contributed by atoms with E-state index in [1.807, 2.05) is 12.2 Å². The molecule has 0 bridgehead atoms. The fraction of sp³-hybridized carbons (Fsp3) is 0.0714. The molecule has 0 fully saturated rings. The number of benzene rings is 1. The zero-order valence-corrected chi connectivity index (χ0v) is 7.83. The van der Waals surface area contributed by atoms with Crippen LogP contribution in [0.2, 0.25) is 0 Å². The minimum absolute atomic E-state index is 1.03. The van der Waals surface area contributed by atoms with Crippen LogP contribution in [0.1, 0.15) is 11.1 Å². The van der Waals surface area contributed by atoms with Gasteiger partial charge in [0.25, 0.3) is 0 Å². The van der Waals surface area contributed by atoms with Gasteiger partial charge in [-0.05, 0) is 22.8 Å². The third-order valence-electron chi connectivity index (χ3n) is 2.73. The molecule has 0 N–H and O–H groups in total. The van der Waals surface area contributed by atoms with Gasteiger partial charge in [-0.15, -0.1) is 5.73 Å². The molecule has 3 rings (SSSR count). The first-order valence-corrected chi connectivity index (χ1v) is 4.86. The van der Waals surface area contributed by atoms with Crippen LogP contribution < -0.4 is 0 Å². The molecule has 1 aromatic carbocycles. The highest BCUT2D eigenvalue weighted by Gasteiger charge is 2.19. The van der Waals surface area contributed by atoms with Gasteiger partial charge in [0.2, 0.25) is 0 Å². The molecular formula is C14H10. The van der Waals surface area contributed by atoms with Crippen molar-refractivity contribution >= 4 is 5.57 Å². The monoisotopic (exact) mass is 178 g/mol. The molecule has 0 spiro atoms. The fourth-order valence-electron chi connectivity index (χ4n) is 2.06. The van der Waals surface area contributed by atoms with E-state index in [4.69, 9.17) is 0 Å². The van der Waals surface area contributed by atoms with E-state index < -0.39 is 0 Å². The molecule has 0 aromatic heterocycles. The van der Waals surface area contributed by atoms with Crippen molar-refractivity contribution in [3.63, 3.8) is 0 Å². The van der Waals surface area contributed by atoms with Crippen LogP contribution in [-0.2, 0) is 6.42 Å². The lowest BCUT2D eigenvalue weighted by molar-refractivity contribution is 1.27. The standard InChI is InChI=1S/C14H10/c1-2-6-11-10-12-7-4-5-9-14(12)13(11)8-3-1/h1-5,7-9H,10H2. The van der Waals surface area contributed by atoms with Gasteiger partial charge in [-0.25, -0.2) is 0 Å². The van der Waals surface area contributed by atoms with Crippen molar-refractivity contribution < 1.29 is 0 Å². The Labute approximate surface area is 83.6 Å². The van der Waals surface area contributed by atoms with Crippen molar-refractivity contribution in [3.8, 4) is 0 Å². The van der Waals surface area contributed by atoms with Gasteiger partial charge in [-0.3, -0.25) is 0 Å². The van der Waals surface area contributed by atoms with E-state index in [0.717, 1.165) is 6.42 Å². The zero-order valence-electron chi connectivity index (χ0n) is 7.83. The maximum Gasteiger partial charge on any atom is 0.00622 e. The van der Waals surface area contributed by atoms with Crippen molar-refractivity contribution in [3.05, 3.63) is 71.0 Å². The van der Waals surface area contributed by atoms with Crippen molar-refractivity contribution in [2.24, 2.45) is 0 Å². The molecule has 0 aliphatic heterocycles. The number of hydrogen-bond donors (Lipinski definition) is 0. The molecule has 2 aliphatic rings. The molecule has 14 heavy (non-hydrogen) atoms. The van der Waals surface area contributed by atoms with Gasteiger partial charge in [-0.1, -0.05) is 42.5 Å². The number of fused-ring (bicyclic) bond motifs is 3. The lowest BCUT2D eigenvalue weighted by atomic mass is 10.1. The summed E-state index contributed by atoms with van der Waals surface area (Å²) in [6.45, 7) is 0. The largest absolute Gasteiger partial charge is 0.116 e. The minimum Gasteiger partial charge on any atom is -0.116 e. The lowest BCUT2D eigenvalue weighted by Gasteiger charge is -1.97. The van der Waals surface area contributed by atoms with Crippen molar-refractivity contribution in [1.29, 1.82) is 0 Å². The first kappa shape index (κ1) is 7.61. The molecule has 0 amide bonds. The highest BCUT2D eigenvalue weighted by molar-refractivity contribution is 5.86. The maximum absolute atomic E-state index is 3.33. The second kappa shape index (κ2) is 2.87. The summed E-state index contributed by atoms with van der Waals surface area (Å²) >= 11 is 0. The first-order chi connectivity index (χ1) is 6.95. The molecule has 66 valence electrons. The van der Waals surface area contributed by atoms with E-state index >= 15 is 0 Å². The molecule has 0 saturated heterocycles. The second-order valence-electron chi connectivity index (χ2n) is 3.59. The van der Waals surface area contributed by atoms with E-state index in [1.165, 1.54) is 22.3 Å². The fourth-order valence-corrected chi connectivity index (χ4v) is 2.06.